The lowest BCUT2D eigenvalue weighted by molar-refractivity contribution is 0.0940. The van der Waals surface area contributed by atoms with E-state index in [9.17, 15) is 27.5 Å². The van der Waals surface area contributed by atoms with Crippen LogP contribution in [-0.4, -0.2) is 82.8 Å². The van der Waals surface area contributed by atoms with Gasteiger partial charge >= 0.3 is 0 Å². The van der Waals surface area contributed by atoms with Crippen LogP contribution >= 0.6 is 0 Å². The lowest BCUT2D eigenvalue weighted by atomic mass is 10.1. The van der Waals surface area contributed by atoms with Gasteiger partial charge in [-0.05, 0) is 37.6 Å². The summed E-state index contributed by atoms with van der Waals surface area (Å²) in [7, 11) is -0.470. The summed E-state index contributed by atoms with van der Waals surface area (Å²) in [6, 6.07) is 4.73. The average Bonchev–Trinajstić information content (AvgIpc) is 2.85. The van der Waals surface area contributed by atoms with Gasteiger partial charge in [-0.3, -0.25) is 14.2 Å². The van der Waals surface area contributed by atoms with E-state index in [1.54, 1.807) is 0 Å². The van der Waals surface area contributed by atoms with E-state index in [0.717, 1.165) is 0 Å². The Morgan fingerprint density at radius 3 is 2.51 bits per heavy atom. The van der Waals surface area contributed by atoms with Crippen LogP contribution in [0.4, 0.5) is 4.39 Å². The van der Waals surface area contributed by atoms with Gasteiger partial charge in [0.05, 0.1) is 6.04 Å². The van der Waals surface area contributed by atoms with Gasteiger partial charge < -0.3 is 15.3 Å². The Balaban J connectivity index is 1.61. The number of carbonyl (C=O) groups excluding carboxylic acids is 1. The van der Waals surface area contributed by atoms with Crippen molar-refractivity contribution in [1.82, 2.24) is 28.4 Å². The van der Waals surface area contributed by atoms with Crippen LogP contribution in [0.15, 0.2) is 29.1 Å². The summed E-state index contributed by atoms with van der Waals surface area (Å²) in [5, 5.41) is 13.0. The molecule has 4 rings (SSSR count). The predicted molar refractivity (Wildman–Crippen MR) is 125 cm³/mol. The maximum absolute atomic E-state index is 13.3. The number of hydrogen-bond donors (Lipinski definition) is 2. The first-order valence-electron chi connectivity index (χ1n) is 11.4. The largest absolute Gasteiger partial charge is 0.501 e. The number of hydrogen-bond acceptors (Lipinski definition) is 7. The van der Waals surface area contributed by atoms with Crippen LogP contribution in [0.2, 0.25) is 0 Å². The fraction of sp³-hybridized carbons (Fsp3) is 0.500. The highest BCUT2D eigenvalue weighted by Gasteiger charge is 2.38. The third-order valence-electron chi connectivity index (χ3n) is 6.51. The Kier molecular flexibility index (Phi) is 7.22. The van der Waals surface area contributed by atoms with Gasteiger partial charge in [0.15, 0.2) is 5.69 Å². The summed E-state index contributed by atoms with van der Waals surface area (Å²) in [6.07, 6.45) is 0.925. The number of halogens is 1. The second-order valence-electron chi connectivity index (χ2n) is 8.82. The zero-order chi connectivity index (χ0) is 25.3. The molecule has 13 heteroatoms. The van der Waals surface area contributed by atoms with Crippen LogP contribution in [0.3, 0.4) is 0 Å². The second-order valence-corrected chi connectivity index (χ2v) is 10.8. The van der Waals surface area contributed by atoms with Gasteiger partial charge in [0.25, 0.3) is 21.7 Å². The molecule has 2 aliphatic heterocycles. The summed E-state index contributed by atoms with van der Waals surface area (Å²) in [5.74, 6) is -1.88. The molecule has 3 heterocycles. The number of amides is 1. The van der Waals surface area contributed by atoms with Crippen LogP contribution in [0, 0.1) is 5.82 Å². The SMILES string of the molecule is CN1CCN(S(=O)(=O)N(C)[C@H]2CCCn3c2nc(C(=O)NCc2ccc(F)cc2)c(O)c3=O)CC1. The molecule has 2 aromatic rings. The summed E-state index contributed by atoms with van der Waals surface area (Å²) in [4.78, 5) is 32.0. The molecule has 1 saturated heterocycles. The smallest absolute Gasteiger partial charge is 0.296 e. The minimum absolute atomic E-state index is 0.0275. The van der Waals surface area contributed by atoms with E-state index in [0.29, 0.717) is 44.6 Å². The van der Waals surface area contributed by atoms with Crippen molar-refractivity contribution >= 4 is 16.1 Å². The lowest BCUT2D eigenvalue weighted by Gasteiger charge is -2.38. The molecule has 0 spiro atoms. The molecule has 0 aliphatic carbocycles. The van der Waals surface area contributed by atoms with E-state index in [-0.39, 0.29) is 18.9 Å². The number of benzene rings is 1. The third-order valence-corrected chi connectivity index (χ3v) is 8.51. The van der Waals surface area contributed by atoms with Gasteiger partial charge in [0.1, 0.15) is 11.6 Å². The number of carbonyl (C=O) groups is 1. The zero-order valence-electron chi connectivity index (χ0n) is 19.6. The van der Waals surface area contributed by atoms with Crippen LogP contribution in [0.25, 0.3) is 0 Å². The van der Waals surface area contributed by atoms with E-state index < -0.39 is 45.0 Å². The van der Waals surface area contributed by atoms with Crippen molar-refractivity contribution in [2.24, 2.45) is 0 Å². The number of piperazine rings is 1. The molecule has 0 unspecified atom stereocenters. The zero-order valence-corrected chi connectivity index (χ0v) is 20.5. The molecule has 190 valence electrons. The van der Waals surface area contributed by atoms with Gasteiger partial charge in [0.2, 0.25) is 5.75 Å². The third kappa shape index (κ3) is 5.08. The van der Waals surface area contributed by atoms with Gasteiger partial charge in [-0.25, -0.2) is 9.37 Å². The van der Waals surface area contributed by atoms with Crippen molar-refractivity contribution in [3.05, 3.63) is 57.5 Å². The summed E-state index contributed by atoms with van der Waals surface area (Å²) in [5.41, 5.74) is -0.650. The van der Waals surface area contributed by atoms with Crippen molar-refractivity contribution in [3.8, 4) is 5.75 Å². The number of rotatable bonds is 6. The van der Waals surface area contributed by atoms with Gasteiger partial charge in [-0.15, -0.1) is 0 Å². The highest BCUT2D eigenvalue weighted by molar-refractivity contribution is 7.86. The van der Waals surface area contributed by atoms with E-state index in [2.05, 4.69) is 10.3 Å². The fourth-order valence-electron chi connectivity index (χ4n) is 4.34. The molecule has 0 radical (unpaired) electrons. The molecular weight excluding hydrogens is 479 g/mol. The first-order valence-corrected chi connectivity index (χ1v) is 12.8. The van der Waals surface area contributed by atoms with Crippen molar-refractivity contribution in [2.45, 2.75) is 32.0 Å². The monoisotopic (exact) mass is 508 g/mol. The maximum Gasteiger partial charge on any atom is 0.296 e. The predicted octanol–water partition coefficient (Wildman–Crippen LogP) is 0.277. The van der Waals surface area contributed by atoms with Crippen LogP contribution in [-0.2, 0) is 23.3 Å². The van der Waals surface area contributed by atoms with E-state index in [4.69, 9.17) is 0 Å². The molecule has 0 bridgehead atoms. The minimum atomic E-state index is -3.84. The first kappa shape index (κ1) is 25.2. The van der Waals surface area contributed by atoms with Gasteiger partial charge in [-0.1, -0.05) is 12.1 Å². The standard InChI is InChI=1S/C22H29FN6O5S/c1-26-10-12-28(13-11-26)35(33,34)27(2)17-4-3-9-29-20(17)25-18(19(30)22(29)32)21(31)24-14-15-5-7-16(23)8-6-15/h5-8,17,30H,3-4,9-14H2,1-2H3,(H,24,31)/t17-/m0/s1. The molecule has 1 atom stereocenters. The average molecular weight is 509 g/mol. The van der Waals surface area contributed by atoms with E-state index in [1.165, 1.54) is 44.5 Å². The lowest BCUT2D eigenvalue weighted by Crippen LogP contribution is -2.52. The Bertz CT molecular complexity index is 1260. The number of nitrogens with one attached hydrogen (secondary N) is 1. The molecule has 2 N–H and O–H groups in total. The minimum Gasteiger partial charge on any atom is -0.501 e. The van der Waals surface area contributed by atoms with Crippen molar-refractivity contribution in [1.29, 1.82) is 0 Å². The van der Waals surface area contributed by atoms with E-state index >= 15 is 0 Å². The molecular formula is C22H29FN6O5S. The number of aromatic nitrogens is 2. The van der Waals surface area contributed by atoms with Crippen molar-refractivity contribution < 1.29 is 22.7 Å². The second kappa shape index (κ2) is 10.0. The highest BCUT2D eigenvalue weighted by atomic mass is 32.2. The maximum atomic E-state index is 13.3. The Morgan fingerprint density at radius 2 is 1.86 bits per heavy atom. The Labute approximate surface area is 203 Å². The molecule has 1 aromatic carbocycles. The Hall–Kier alpha value is -2.87. The summed E-state index contributed by atoms with van der Waals surface area (Å²) in [6.45, 7) is 2.20. The number of nitrogens with zero attached hydrogens (tertiary/aromatic N) is 5. The highest BCUT2D eigenvalue weighted by Crippen LogP contribution is 2.31. The fourth-order valence-corrected chi connectivity index (χ4v) is 5.85. The molecule has 1 amide bonds. The van der Waals surface area contributed by atoms with Crippen LogP contribution < -0.4 is 10.9 Å². The topological polar surface area (TPSA) is 128 Å². The Morgan fingerprint density at radius 1 is 1.20 bits per heavy atom. The molecule has 0 saturated carbocycles. The normalized spacial score (nSPS) is 19.5. The van der Waals surface area contributed by atoms with Crippen LogP contribution in [0.1, 0.15) is 40.8 Å². The van der Waals surface area contributed by atoms with Crippen molar-refractivity contribution in [3.63, 3.8) is 0 Å². The molecule has 2 aliphatic rings. The number of likely N-dealkylation sites (N-methyl/N-ethyl adjacent to an activating group) is 1. The molecule has 11 nitrogen and oxygen atoms in total. The summed E-state index contributed by atoms with van der Waals surface area (Å²) >= 11 is 0. The van der Waals surface area contributed by atoms with Gasteiger partial charge in [-0.2, -0.15) is 17.0 Å². The molecule has 35 heavy (non-hydrogen) atoms. The van der Waals surface area contributed by atoms with E-state index in [1.807, 2.05) is 11.9 Å². The molecule has 1 aromatic heterocycles. The first-order chi connectivity index (χ1) is 16.6. The quantitative estimate of drug-likeness (QED) is 0.574. The summed E-state index contributed by atoms with van der Waals surface area (Å²) < 4.78 is 43.6. The van der Waals surface area contributed by atoms with Crippen LogP contribution in [0.5, 0.6) is 5.75 Å². The molecule has 1 fully saturated rings. The van der Waals surface area contributed by atoms with Crippen molar-refractivity contribution in [2.75, 3.05) is 40.3 Å². The van der Waals surface area contributed by atoms with Gasteiger partial charge in [0, 0.05) is 46.3 Å². The number of aromatic hydroxyl groups is 1. The number of fused-ring (bicyclic) bond motifs is 1.